The smallest absolute Gasteiger partial charge is 0.407 e. The fourth-order valence-electron chi connectivity index (χ4n) is 5.34. The van der Waals surface area contributed by atoms with Crippen LogP contribution < -0.4 is 16.1 Å². The van der Waals surface area contributed by atoms with Crippen molar-refractivity contribution < 1.29 is 28.3 Å². The first-order valence-corrected chi connectivity index (χ1v) is 12.4. The molecule has 11 nitrogen and oxygen atoms in total. The molecule has 36 heavy (non-hydrogen) atoms. The van der Waals surface area contributed by atoms with Gasteiger partial charge >= 0.3 is 6.09 Å². The highest BCUT2D eigenvalue weighted by Gasteiger charge is 2.42. The molecule has 3 atom stereocenters. The van der Waals surface area contributed by atoms with E-state index >= 15 is 4.39 Å². The summed E-state index contributed by atoms with van der Waals surface area (Å²) in [5.41, 5.74) is 3.47. The Balaban J connectivity index is 1.18. The molecular weight excluding hydrogens is 495 g/mol. The quantitative estimate of drug-likeness (QED) is 0.474. The maximum atomic E-state index is 15.3. The van der Waals surface area contributed by atoms with E-state index in [9.17, 15) is 19.2 Å². The van der Waals surface area contributed by atoms with E-state index in [1.807, 2.05) is 0 Å². The number of piperidine rings is 1. The molecule has 3 saturated heterocycles. The minimum atomic E-state index is -0.876. The molecule has 0 aliphatic carbocycles. The average Bonchev–Trinajstić information content (AvgIpc) is 3.40. The summed E-state index contributed by atoms with van der Waals surface area (Å²) >= 11 is 6.35. The standard InChI is InChI=1S/C23H28ClFN6O5/c1-29-4-5-31-14(9-29)7-13(28-31)11-36-23(35)26-8-12-6-16(24)15-10-30(22(34)19(15)20(12)25)17-2-3-18(32)27-21(17)33/h6,13-14,17,28H,2-5,7-11H2,1H3,(H,26,35)(H,27,32,33). The third-order valence-corrected chi connectivity index (χ3v) is 7.55. The number of alkyl carbamates (subject to hydrolysis) is 1. The Bertz CT molecular complexity index is 1120. The number of amides is 4. The van der Waals surface area contributed by atoms with Gasteiger partial charge in [0.2, 0.25) is 11.8 Å². The number of carbonyl (C=O) groups is 4. The SMILES string of the molecule is CN1CCN2NC(COC(=O)NCc3cc(Cl)c4c(c3F)C(=O)N(C3CCC(=O)NC3=O)C4)CC2C1. The fraction of sp³-hybridized carbons (Fsp3) is 0.565. The Hall–Kier alpha value is -2.80. The number of halogens is 2. The summed E-state index contributed by atoms with van der Waals surface area (Å²) in [6, 6.07) is 0.874. The molecule has 13 heteroatoms. The van der Waals surface area contributed by atoms with Gasteiger partial charge in [0, 0.05) is 61.3 Å². The highest BCUT2D eigenvalue weighted by atomic mass is 35.5. The Morgan fingerprint density at radius 3 is 2.89 bits per heavy atom. The van der Waals surface area contributed by atoms with Gasteiger partial charge in [-0.3, -0.25) is 19.7 Å². The Labute approximate surface area is 212 Å². The van der Waals surface area contributed by atoms with Gasteiger partial charge < -0.3 is 19.9 Å². The summed E-state index contributed by atoms with van der Waals surface area (Å²) in [4.78, 5) is 52.4. The molecule has 4 aliphatic rings. The molecule has 1 aromatic rings. The molecule has 3 fully saturated rings. The molecule has 4 heterocycles. The van der Waals surface area contributed by atoms with Crippen LogP contribution in [0, 0.1) is 5.82 Å². The number of ether oxygens (including phenoxy) is 1. The number of benzene rings is 1. The van der Waals surface area contributed by atoms with Crippen LogP contribution in [0.3, 0.4) is 0 Å². The van der Waals surface area contributed by atoms with Crippen LogP contribution >= 0.6 is 11.6 Å². The van der Waals surface area contributed by atoms with Gasteiger partial charge in [0.25, 0.3) is 5.91 Å². The second kappa shape index (κ2) is 9.92. The number of likely N-dealkylation sites (N-methyl/N-ethyl adjacent to an activating group) is 1. The molecule has 0 saturated carbocycles. The number of fused-ring (bicyclic) bond motifs is 2. The van der Waals surface area contributed by atoms with E-state index < -0.39 is 35.7 Å². The van der Waals surface area contributed by atoms with Crippen LogP contribution in [-0.2, 0) is 27.4 Å². The third kappa shape index (κ3) is 4.77. The zero-order valence-electron chi connectivity index (χ0n) is 19.8. The molecular formula is C23H28ClFN6O5. The molecule has 5 rings (SSSR count). The zero-order chi connectivity index (χ0) is 25.6. The number of nitrogens with one attached hydrogen (secondary N) is 3. The highest BCUT2D eigenvalue weighted by molar-refractivity contribution is 6.32. The Morgan fingerprint density at radius 2 is 2.11 bits per heavy atom. The molecule has 0 bridgehead atoms. The first-order valence-electron chi connectivity index (χ1n) is 12.0. The summed E-state index contributed by atoms with van der Waals surface area (Å²) in [5.74, 6) is -2.46. The number of hydrazine groups is 1. The van der Waals surface area contributed by atoms with Gasteiger partial charge in [0.05, 0.1) is 11.6 Å². The lowest BCUT2D eigenvalue weighted by molar-refractivity contribution is -0.136. The number of imide groups is 1. The number of hydrogen-bond acceptors (Lipinski definition) is 8. The molecule has 194 valence electrons. The third-order valence-electron chi connectivity index (χ3n) is 7.21. The van der Waals surface area contributed by atoms with Crippen molar-refractivity contribution in [2.24, 2.45) is 0 Å². The maximum Gasteiger partial charge on any atom is 0.407 e. The molecule has 3 N–H and O–H groups in total. The lowest BCUT2D eigenvalue weighted by Gasteiger charge is -2.34. The molecule has 4 aliphatic heterocycles. The largest absolute Gasteiger partial charge is 0.448 e. The Kier molecular flexibility index (Phi) is 6.86. The number of nitrogens with zero attached hydrogens (tertiary/aromatic N) is 3. The topological polar surface area (TPSA) is 123 Å². The minimum Gasteiger partial charge on any atom is -0.448 e. The fourth-order valence-corrected chi connectivity index (χ4v) is 5.62. The van der Waals surface area contributed by atoms with Crippen molar-refractivity contribution in [1.82, 2.24) is 30.9 Å². The van der Waals surface area contributed by atoms with Crippen molar-refractivity contribution in [3.63, 3.8) is 0 Å². The maximum absolute atomic E-state index is 15.3. The Morgan fingerprint density at radius 1 is 1.31 bits per heavy atom. The van der Waals surface area contributed by atoms with Gasteiger partial charge in [-0.1, -0.05) is 11.6 Å². The van der Waals surface area contributed by atoms with Crippen molar-refractivity contribution in [3.8, 4) is 0 Å². The average molecular weight is 523 g/mol. The van der Waals surface area contributed by atoms with Crippen LogP contribution in [0.1, 0.15) is 40.7 Å². The zero-order valence-corrected chi connectivity index (χ0v) is 20.6. The van der Waals surface area contributed by atoms with Crippen LogP contribution in [0.15, 0.2) is 6.07 Å². The second-order valence-corrected chi connectivity index (χ2v) is 10.1. The summed E-state index contributed by atoms with van der Waals surface area (Å²) in [7, 11) is 2.08. The summed E-state index contributed by atoms with van der Waals surface area (Å²) in [6.45, 7) is 2.75. The van der Waals surface area contributed by atoms with Crippen molar-refractivity contribution in [2.75, 3.05) is 33.3 Å². The van der Waals surface area contributed by atoms with Crippen LogP contribution in [-0.4, -0.2) is 90.0 Å². The van der Waals surface area contributed by atoms with Gasteiger partial charge in [0.15, 0.2) is 0 Å². The normalized spacial score (nSPS) is 26.6. The predicted octanol–water partition coefficient (Wildman–Crippen LogP) is 0.359. The van der Waals surface area contributed by atoms with Crippen molar-refractivity contribution in [3.05, 3.63) is 33.6 Å². The first-order chi connectivity index (χ1) is 17.2. The number of carbonyl (C=O) groups excluding carboxylic acids is 4. The highest BCUT2D eigenvalue weighted by Crippen LogP contribution is 2.35. The van der Waals surface area contributed by atoms with E-state index in [0.29, 0.717) is 6.04 Å². The van der Waals surface area contributed by atoms with E-state index in [2.05, 4.69) is 33.0 Å². The molecule has 0 spiro atoms. The van der Waals surface area contributed by atoms with Gasteiger partial charge in [-0.2, -0.15) is 0 Å². The van der Waals surface area contributed by atoms with E-state index in [1.54, 1.807) is 0 Å². The van der Waals surface area contributed by atoms with E-state index in [0.717, 1.165) is 26.1 Å². The monoisotopic (exact) mass is 522 g/mol. The van der Waals surface area contributed by atoms with Crippen molar-refractivity contribution >= 4 is 35.4 Å². The van der Waals surface area contributed by atoms with Crippen molar-refractivity contribution in [2.45, 2.75) is 50.5 Å². The molecule has 3 unspecified atom stereocenters. The van der Waals surface area contributed by atoms with Crippen LogP contribution in [0.5, 0.6) is 0 Å². The van der Waals surface area contributed by atoms with Crippen LogP contribution in [0.2, 0.25) is 5.02 Å². The summed E-state index contributed by atoms with van der Waals surface area (Å²) in [6.07, 6.45) is 0.412. The van der Waals surface area contributed by atoms with Gasteiger partial charge in [0.1, 0.15) is 18.5 Å². The lowest BCUT2D eigenvalue weighted by atomic mass is 10.0. The predicted molar refractivity (Wildman–Crippen MR) is 125 cm³/mol. The number of rotatable bonds is 5. The molecule has 0 radical (unpaired) electrons. The van der Waals surface area contributed by atoms with Gasteiger partial charge in [-0.15, -0.1) is 0 Å². The summed E-state index contributed by atoms with van der Waals surface area (Å²) in [5, 5.41) is 7.07. The molecule has 1 aromatic carbocycles. The summed E-state index contributed by atoms with van der Waals surface area (Å²) < 4.78 is 20.6. The molecule has 4 amide bonds. The second-order valence-electron chi connectivity index (χ2n) is 9.71. The van der Waals surface area contributed by atoms with E-state index in [4.69, 9.17) is 16.3 Å². The number of piperazine rings is 1. The van der Waals surface area contributed by atoms with E-state index in [1.165, 1.54) is 11.0 Å². The van der Waals surface area contributed by atoms with E-state index in [-0.39, 0.29) is 60.3 Å². The van der Waals surface area contributed by atoms with Crippen LogP contribution in [0.4, 0.5) is 9.18 Å². The molecule has 0 aromatic heterocycles. The number of hydrogen-bond donors (Lipinski definition) is 3. The van der Waals surface area contributed by atoms with Crippen LogP contribution in [0.25, 0.3) is 0 Å². The van der Waals surface area contributed by atoms with Crippen molar-refractivity contribution in [1.29, 1.82) is 0 Å². The lowest BCUT2D eigenvalue weighted by Crippen LogP contribution is -2.52. The minimum absolute atomic E-state index is 0.00862. The van der Waals surface area contributed by atoms with Gasteiger partial charge in [-0.05, 0) is 26.0 Å². The van der Waals surface area contributed by atoms with Gasteiger partial charge in [-0.25, -0.2) is 19.6 Å². The first kappa shape index (κ1) is 24.9.